The molecule has 1 aromatic carbocycles. The van der Waals surface area contributed by atoms with Gasteiger partial charge in [-0.25, -0.2) is 9.98 Å². The number of hydrogen-bond acceptors (Lipinski definition) is 5. The van der Waals surface area contributed by atoms with Gasteiger partial charge in [-0.15, -0.1) is 11.3 Å². The van der Waals surface area contributed by atoms with E-state index < -0.39 is 4.92 Å². The van der Waals surface area contributed by atoms with Crippen LogP contribution in [0, 0.1) is 17.0 Å². The Morgan fingerprint density at radius 3 is 2.70 bits per heavy atom. The van der Waals surface area contributed by atoms with Crippen LogP contribution in [0.5, 0.6) is 0 Å². The third-order valence-electron chi connectivity index (χ3n) is 2.84. The summed E-state index contributed by atoms with van der Waals surface area (Å²) in [6.45, 7) is 5.96. The summed E-state index contributed by atoms with van der Waals surface area (Å²) >= 11 is 1.45. The van der Waals surface area contributed by atoms with Gasteiger partial charge >= 0.3 is 0 Å². The lowest BCUT2D eigenvalue weighted by Crippen LogP contribution is -2.06. The van der Waals surface area contributed by atoms with Crippen LogP contribution in [0.15, 0.2) is 34.6 Å². The van der Waals surface area contributed by atoms with Gasteiger partial charge in [-0.3, -0.25) is 10.1 Å². The zero-order valence-corrected chi connectivity index (χ0v) is 12.3. The predicted octanol–water partition coefficient (Wildman–Crippen LogP) is 3.72. The zero-order chi connectivity index (χ0) is 14.7. The van der Waals surface area contributed by atoms with E-state index >= 15 is 0 Å². The molecule has 1 aromatic heterocycles. The van der Waals surface area contributed by atoms with E-state index in [1.807, 2.05) is 18.4 Å². The molecule has 0 saturated carbocycles. The van der Waals surface area contributed by atoms with Crippen molar-refractivity contribution in [3.63, 3.8) is 0 Å². The molecule has 0 aliphatic heterocycles. The van der Waals surface area contributed by atoms with E-state index in [9.17, 15) is 10.1 Å². The first-order valence-electron chi connectivity index (χ1n) is 6.23. The predicted molar refractivity (Wildman–Crippen MR) is 79.3 cm³/mol. The van der Waals surface area contributed by atoms with Crippen LogP contribution in [0.1, 0.15) is 31.0 Å². The standard InChI is InChI=1S/C14H15N3O2S/c1-9(2)12-6-7-20-14(15-12)16-13-5-4-11(17(18)19)8-10(13)3/h4-9H,1-3H3. The minimum Gasteiger partial charge on any atom is -0.258 e. The van der Waals surface area contributed by atoms with E-state index in [2.05, 4.69) is 23.8 Å². The fraction of sp³-hybridized carbons (Fsp3) is 0.286. The molecule has 104 valence electrons. The molecule has 0 atom stereocenters. The Bertz CT molecular complexity index is 708. The Hall–Kier alpha value is -2.08. The molecule has 0 spiro atoms. The maximum atomic E-state index is 10.7. The van der Waals surface area contributed by atoms with Gasteiger partial charge in [-0.2, -0.15) is 0 Å². The van der Waals surface area contributed by atoms with Crippen LogP contribution in [0.25, 0.3) is 0 Å². The van der Waals surface area contributed by atoms with Crippen LogP contribution in [0.2, 0.25) is 0 Å². The van der Waals surface area contributed by atoms with Gasteiger partial charge in [0.05, 0.1) is 10.6 Å². The Balaban J connectivity index is 2.45. The Kier molecular flexibility index (Phi) is 4.24. The average Bonchev–Trinajstić information content (AvgIpc) is 2.41. The van der Waals surface area contributed by atoms with Crippen molar-refractivity contribution in [1.29, 1.82) is 0 Å². The molecule has 20 heavy (non-hydrogen) atoms. The second-order valence-electron chi connectivity index (χ2n) is 4.73. The molecule has 0 saturated heterocycles. The smallest absolute Gasteiger partial charge is 0.258 e. The van der Waals surface area contributed by atoms with Crippen molar-refractivity contribution in [3.05, 3.63) is 55.8 Å². The van der Waals surface area contributed by atoms with Gasteiger partial charge < -0.3 is 0 Å². The van der Waals surface area contributed by atoms with Crippen LogP contribution in [-0.2, 0) is 0 Å². The SMILES string of the molecule is Cc1cc([N+](=O)[O-])ccc1N=c1nc(C(C)C)ccs1. The number of nitro groups is 1. The van der Waals surface area contributed by atoms with Gasteiger partial charge in [-0.1, -0.05) is 13.8 Å². The summed E-state index contributed by atoms with van der Waals surface area (Å²) in [5.74, 6) is 0.343. The van der Waals surface area contributed by atoms with Gasteiger partial charge in [0.2, 0.25) is 4.80 Å². The molecule has 2 aromatic rings. The Morgan fingerprint density at radius 2 is 2.10 bits per heavy atom. The second kappa shape index (κ2) is 5.92. The summed E-state index contributed by atoms with van der Waals surface area (Å²) in [4.78, 5) is 19.9. The Morgan fingerprint density at radius 1 is 1.35 bits per heavy atom. The third-order valence-corrected chi connectivity index (χ3v) is 3.50. The van der Waals surface area contributed by atoms with Crippen molar-refractivity contribution in [2.24, 2.45) is 4.99 Å². The number of rotatable bonds is 3. The minimum atomic E-state index is -0.406. The van der Waals surface area contributed by atoms with Crippen molar-refractivity contribution in [3.8, 4) is 0 Å². The lowest BCUT2D eigenvalue weighted by atomic mass is 10.1. The molecular formula is C14H15N3O2S. The lowest BCUT2D eigenvalue weighted by molar-refractivity contribution is -0.384. The molecule has 0 amide bonds. The highest BCUT2D eigenvalue weighted by Crippen LogP contribution is 2.23. The van der Waals surface area contributed by atoms with Crippen LogP contribution >= 0.6 is 11.3 Å². The molecule has 0 bridgehead atoms. The first kappa shape index (κ1) is 14.3. The molecular weight excluding hydrogens is 274 g/mol. The number of non-ortho nitro benzene ring substituents is 1. The average molecular weight is 289 g/mol. The van der Waals surface area contributed by atoms with Gasteiger partial charge in [-0.05, 0) is 35.9 Å². The van der Waals surface area contributed by atoms with Crippen molar-refractivity contribution >= 4 is 22.7 Å². The molecule has 0 aliphatic carbocycles. The quantitative estimate of drug-likeness (QED) is 0.639. The van der Waals surface area contributed by atoms with E-state index in [1.54, 1.807) is 6.07 Å². The van der Waals surface area contributed by atoms with Crippen LogP contribution in [0.4, 0.5) is 11.4 Å². The topological polar surface area (TPSA) is 68.4 Å². The van der Waals surface area contributed by atoms with Crippen molar-refractivity contribution in [2.45, 2.75) is 26.7 Å². The Labute approximate surface area is 120 Å². The highest BCUT2D eigenvalue weighted by Gasteiger charge is 2.07. The monoisotopic (exact) mass is 289 g/mol. The third kappa shape index (κ3) is 3.27. The van der Waals surface area contributed by atoms with E-state index in [-0.39, 0.29) is 5.69 Å². The van der Waals surface area contributed by atoms with Gasteiger partial charge in [0.25, 0.3) is 5.69 Å². The first-order valence-corrected chi connectivity index (χ1v) is 7.11. The maximum Gasteiger partial charge on any atom is 0.269 e. The summed E-state index contributed by atoms with van der Waals surface area (Å²) in [6.07, 6.45) is 0. The molecule has 0 radical (unpaired) electrons. The van der Waals surface area contributed by atoms with Crippen LogP contribution in [-0.4, -0.2) is 9.91 Å². The van der Waals surface area contributed by atoms with Crippen molar-refractivity contribution in [2.75, 3.05) is 0 Å². The number of nitro benzene ring substituents is 1. The van der Waals surface area contributed by atoms with Gasteiger partial charge in [0.15, 0.2) is 0 Å². The van der Waals surface area contributed by atoms with Gasteiger partial charge in [0.1, 0.15) is 0 Å². The summed E-state index contributed by atoms with van der Waals surface area (Å²) in [7, 11) is 0. The molecule has 0 N–H and O–H groups in total. The van der Waals surface area contributed by atoms with Crippen molar-refractivity contribution < 1.29 is 4.92 Å². The highest BCUT2D eigenvalue weighted by atomic mass is 32.1. The molecule has 1 heterocycles. The van der Waals surface area contributed by atoms with E-state index in [0.717, 1.165) is 11.3 Å². The normalized spacial score (nSPS) is 11.9. The zero-order valence-electron chi connectivity index (χ0n) is 11.5. The summed E-state index contributed by atoms with van der Waals surface area (Å²) < 4.78 is 0. The molecule has 2 rings (SSSR count). The number of hydrogen-bond donors (Lipinski definition) is 0. The molecule has 0 unspecified atom stereocenters. The molecule has 5 nitrogen and oxygen atoms in total. The maximum absolute atomic E-state index is 10.7. The number of aromatic nitrogens is 1. The molecule has 0 aliphatic rings. The summed E-state index contributed by atoms with van der Waals surface area (Å²) in [5, 5.41) is 12.7. The van der Waals surface area contributed by atoms with E-state index in [1.165, 1.54) is 23.5 Å². The largest absolute Gasteiger partial charge is 0.269 e. The van der Waals surface area contributed by atoms with Gasteiger partial charge in [0, 0.05) is 17.8 Å². The summed E-state index contributed by atoms with van der Waals surface area (Å²) in [6, 6.07) is 6.62. The van der Waals surface area contributed by atoms with Crippen molar-refractivity contribution in [1.82, 2.24) is 4.98 Å². The number of aryl methyl sites for hydroxylation is 1. The van der Waals surface area contributed by atoms with E-state index in [0.29, 0.717) is 16.4 Å². The number of benzene rings is 1. The summed E-state index contributed by atoms with van der Waals surface area (Å²) in [5.41, 5.74) is 2.54. The highest BCUT2D eigenvalue weighted by molar-refractivity contribution is 7.06. The lowest BCUT2D eigenvalue weighted by Gasteiger charge is -2.02. The minimum absolute atomic E-state index is 0.0778. The fourth-order valence-corrected chi connectivity index (χ4v) is 2.33. The number of nitrogens with zero attached hydrogens (tertiary/aromatic N) is 3. The van der Waals surface area contributed by atoms with E-state index in [4.69, 9.17) is 0 Å². The van der Waals surface area contributed by atoms with Crippen LogP contribution in [0.3, 0.4) is 0 Å². The van der Waals surface area contributed by atoms with Crippen LogP contribution < -0.4 is 4.80 Å². The molecule has 0 fully saturated rings. The first-order chi connectivity index (χ1) is 9.47. The fourth-order valence-electron chi connectivity index (χ4n) is 1.69. The second-order valence-corrected chi connectivity index (χ2v) is 5.61. The molecule has 6 heteroatoms.